The average Bonchev–Trinajstić information content (AvgIpc) is 2.40. The zero-order valence-corrected chi connectivity index (χ0v) is 10.4. The summed E-state index contributed by atoms with van der Waals surface area (Å²) in [6, 6.07) is 14.0. The lowest BCUT2D eigenvalue weighted by molar-refractivity contribution is 0.948. The van der Waals surface area contributed by atoms with Crippen LogP contribution in [0, 0.1) is 6.54 Å². The molecule has 2 aromatic rings. The van der Waals surface area contributed by atoms with E-state index in [0.29, 0.717) is 0 Å². The van der Waals surface area contributed by atoms with Crippen molar-refractivity contribution in [2.45, 2.75) is 4.90 Å². The molecule has 0 fully saturated rings. The zero-order valence-electron chi connectivity index (χ0n) is 9.55. The van der Waals surface area contributed by atoms with Crippen molar-refractivity contribution < 1.29 is 0 Å². The molecule has 17 heavy (non-hydrogen) atoms. The van der Waals surface area contributed by atoms with Crippen LogP contribution in [0.15, 0.2) is 53.6 Å². The fourth-order valence-corrected chi connectivity index (χ4v) is 1.99. The molecule has 1 aromatic carbocycles. The molecule has 0 aliphatic carbocycles. The highest BCUT2D eigenvalue weighted by atomic mass is 32.2. The number of pyridine rings is 1. The maximum absolute atomic E-state index is 4.15. The summed E-state index contributed by atoms with van der Waals surface area (Å²) in [4.78, 5) is 5.39. The van der Waals surface area contributed by atoms with Crippen LogP contribution in [-0.4, -0.2) is 11.2 Å². The fraction of sp³-hybridized carbons (Fsp3) is 0.0769. The Labute approximate surface area is 106 Å². The van der Waals surface area contributed by atoms with E-state index in [-0.39, 0.29) is 0 Å². The van der Waals surface area contributed by atoms with Crippen LogP contribution in [0.2, 0.25) is 0 Å². The molecule has 0 aliphatic heterocycles. The van der Waals surface area contributed by atoms with Crippen LogP contribution in [0.5, 0.6) is 0 Å². The highest BCUT2D eigenvalue weighted by molar-refractivity contribution is 7.98. The summed E-state index contributed by atoms with van der Waals surface area (Å²) in [5.41, 5.74) is 7.22. The van der Waals surface area contributed by atoms with E-state index in [1.54, 1.807) is 18.0 Å². The van der Waals surface area contributed by atoms with E-state index in [1.165, 1.54) is 4.90 Å². The first-order valence-corrected chi connectivity index (χ1v) is 6.51. The third-order valence-corrected chi connectivity index (χ3v) is 3.04. The van der Waals surface area contributed by atoms with Crippen molar-refractivity contribution in [3.8, 4) is 0 Å². The van der Waals surface area contributed by atoms with Gasteiger partial charge in [-0.1, -0.05) is 17.0 Å². The van der Waals surface area contributed by atoms with Gasteiger partial charge in [-0.3, -0.25) is 5.43 Å². The van der Waals surface area contributed by atoms with Crippen molar-refractivity contribution in [2.24, 2.45) is 0 Å². The second-order valence-electron chi connectivity index (χ2n) is 3.37. The maximum Gasteiger partial charge on any atom is 0.139 e. The van der Waals surface area contributed by atoms with Crippen molar-refractivity contribution in [1.82, 2.24) is 10.4 Å². The van der Waals surface area contributed by atoms with E-state index >= 15 is 0 Å². The van der Waals surface area contributed by atoms with Gasteiger partial charge in [-0.25, -0.2) is 4.98 Å². The summed E-state index contributed by atoms with van der Waals surface area (Å²) in [5.74, 6) is 0.797. The fourth-order valence-electron chi connectivity index (χ4n) is 1.41. The lowest BCUT2D eigenvalue weighted by Gasteiger charge is -2.17. The van der Waals surface area contributed by atoms with Gasteiger partial charge in [0.15, 0.2) is 0 Å². The van der Waals surface area contributed by atoms with E-state index in [2.05, 4.69) is 34.2 Å². The van der Waals surface area contributed by atoms with Crippen molar-refractivity contribution in [3.63, 3.8) is 0 Å². The van der Waals surface area contributed by atoms with Crippen LogP contribution in [0.1, 0.15) is 5.56 Å². The van der Waals surface area contributed by atoms with Gasteiger partial charge in [0.05, 0.1) is 0 Å². The molecule has 0 aliphatic rings. The van der Waals surface area contributed by atoms with Crippen molar-refractivity contribution in [3.05, 3.63) is 60.8 Å². The molecule has 0 radical (unpaired) electrons. The molecular formula is C13H14N3S-. The van der Waals surface area contributed by atoms with E-state index in [9.17, 15) is 0 Å². The first kappa shape index (κ1) is 11.8. The van der Waals surface area contributed by atoms with Gasteiger partial charge >= 0.3 is 0 Å². The van der Waals surface area contributed by atoms with Gasteiger partial charge in [-0.2, -0.15) is 23.4 Å². The highest BCUT2D eigenvalue weighted by Crippen LogP contribution is 2.20. The first-order chi connectivity index (χ1) is 8.40. The second-order valence-corrected chi connectivity index (χ2v) is 4.22. The van der Waals surface area contributed by atoms with Gasteiger partial charge in [0.1, 0.15) is 5.82 Å². The summed E-state index contributed by atoms with van der Waals surface area (Å²) in [5, 5.41) is 0. The minimum atomic E-state index is 0.797. The van der Waals surface area contributed by atoms with Gasteiger partial charge in [0.2, 0.25) is 0 Å². The minimum Gasteiger partial charge on any atom is -0.313 e. The Morgan fingerprint density at radius 3 is 2.71 bits per heavy atom. The van der Waals surface area contributed by atoms with Crippen molar-refractivity contribution in [1.29, 1.82) is 0 Å². The zero-order chi connectivity index (χ0) is 11.9. The Bertz CT molecular complexity index is 459. The molecule has 2 N–H and O–H groups in total. The summed E-state index contributed by atoms with van der Waals surface area (Å²) < 4.78 is 0. The molecule has 0 atom stereocenters. The highest BCUT2D eigenvalue weighted by Gasteiger charge is 1.91. The summed E-state index contributed by atoms with van der Waals surface area (Å²) in [6.07, 6.45) is 3.82. The predicted molar refractivity (Wildman–Crippen MR) is 72.6 cm³/mol. The summed E-state index contributed by atoms with van der Waals surface area (Å²) in [7, 11) is 0. The summed E-state index contributed by atoms with van der Waals surface area (Å²) in [6.45, 7) is 1.93. The number of hydrogen-bond donors (Lipinski definition) is 2. The summed E-state index contributed by atoms with van der Waals surface area (Å²) >= 11 is 1.73. The van der Waals surface area contributed by atoms with Gasteiger partial charge in [0, 0.05) is 6.20 Å². The number of hydrogen-bond acceptors (Lipinski definition) is 4. The molecule has 0 saturated carbocycles. The second kappa shape index (κ2) is 6.18. The topological polar surface area (TPSA) is 37.0 Å². The van der Waals surface area contributed by atoms with Crippen LogP contribution in [0.4, 0.5) is 5.82 Å². The largest absolute Gasteiger partial charge is 0.313 e. The quantitative estimate of drug-likeness (QED) is 0.482. The molecule has 1 heterocycles. The smallest absolute Gasteiger partial charge is 0.139 e. The van der Waals surface area contributed by atoms with Crippen LogP contribution >= 0.6 is 11.8 Å². The molecule has 0 saturated heterocycles. The van der Waals surface area contributed by atoms with Crippen molar-refractivity contribution >= 4 is 17.6 Å². The molecule has 0 amide bonds. The monoisotopic (exact) mass is 244 g/mol. The third kappa shape index (κ3) is 3.41. The average molecular weight is 244 g/mol. The molecule has 0 spiro atoms. The predicted octanol–water partition coefficient (Wildman–Crippen LogP) is 2.93. The van der Waals surface area contributed by atoms with Gasteiger partial charge in [-0.15, -0.1) is 18.7 Å². The Morgan fingerprint density at radius 1 is 1.12 bits per heavy atom. The number of nitrogens with one attached hydrogen (secondary N) is 2. The van der Waals surface area contributed by atoms with E-state index in [1.807, 2.05) is 36.9 Å². The number of hydrazine groups is 1. The van der Waals surface area contributed by atoms with Crippen LogP contribution in [0.25, 0.3) is 0 Å². The van der Waals surface area contributed by atoms with Gasteiger partial charge in [0.25, 0.3) is 0 Å². The Hall–Kier alpha value is -1.65. The maximum atomic E-state index is 4.15. The minimum absolute atomic E-state index is 0.797. The number of benzene rings is 1. The SMILES string of the molecule is CSc1ccccc1[CH-]NNc1ccccn1. The third-order valence-electron chi connectivity index (χ3n) is 2.23. The Balaban J connectivity index is 1.90. The Morgan fingerprint density at radius 2 is 1.94 bits per heavy atom. The van der Waals surface area contributed by atoms with E-state index in [4.69, 9.17) is 0 Å². The molecule has 0 bridgehead atoms. The molecule has 0 unspecified atom stereocenters. The van der Waals surface area contributed by atoms with Gasteiger partial charge in [-0.05, 0) is 18.4 Å². The lowest BCUT2D eigenvalue weighted by atomic mass is 10.2. The van der Waals surface area contributed by atoms with Gasteiger partial charge < -0.3 is 5.43 Å². The molecule has 2 rings (SSSR count). The molecule has 4 heteroatoms. The molecule has 88 valence electrons. The number of rotatable bonds is 5. The van der Waals surface area contributed by atoms with Crippen molar-refractivity contribution in [2.75, 3.05) is 11.7 Å². The van der Waals surface area contributed by atoms with Crippen LogP contribution < -0.4 is 10.9 Å². The molecular weight excluding hydrogens is 230 g/mol. The molecule has 1 aromatic heterocycles. The number of nitrogens with zero attached hydrogens (tertiary/aromatic N) is 1. The number of aromatic nitrogens is 1. The standard InChI is InChI=1S/C13H14N3S/c1-17-12-7-3-2-6-11(12)10-15-16-13-8-4-5-9-14-13/h2-10,15H,1H3,(H,14,16)/q-1. The van der Waals surface area contributed by atoms with E-state index < -0.39 is 0 Å². The van der Waals surface area contributed by atoms with Crippen LogP contribution in [0.3, 0.4) is 0 Å². The number of thioether (sulfide) groups is 1. The molecule has 3 nitrogen and oxygen atoms in total. The van der Waals surface area contributed by atoms with E-state index in [0.717, 1.165) is 11.4 Å². The first-order valence-electron chi connectivity index (χ1n) is 5.29. The van der Waals surface area contributed by atoms with Crippen LogP contribution in [-0.2, 0) is 0 Å². The normalized spacial score (nSPS) is 9.94. The number of anilines is 1. The lowest BCUT2D eigenvalue weighted by Crippen LogP contribution is -2.19. The Kier molecular flexibility index (Phi) is 4.30.